The average Bonchev–Trinajstić information content (AvgIpc) is 2.49. The van der Waals surface area contributed by atoms with Gasteiger partial charge in [0.1, 0.15) is 5.75 Å². The molecule has 1 aromatic rings. The van der Waals surface area contributed by atoms with Crippen LogP contribution in [0.1, 0.15) is 6.42 Å². The number of hydrogen-bond acceptors (Lipinski definition) is 5. The molecule has 0 aliphatic carbocycles. The van der Waals surface area contributed by atoms with Crippen molar-refractivity contribution in [2.24, 2.45) is 0 Å². The minimum absolute atomic E-state index is 0.0729. The first kappa shape index (κ1) is 15.2. The van der Waals surface area contributed by atoms with Gasteiger partial charge in [0.05, 0.1) is 24.7 Å². The summed E-state index contributed by atoms with van der Waals surface area (Å²) in [5, 5.41) is 8.66. The number of morpholine rings is 1. The molecule has 0 bridgehead atoms. The van der Waals surface area contributed by atoms with Crippen LogP contribution < -0.4 is 4.74 Å². The fourth-order valence-corrected chi connectivity index (χ4v) is 3.31. The van der Waals surface area contributed by atoms with Gasteiger partial charge in [-0.3, -0.25) is 0 Å². The number of aliphatic hydroxyl groups excluding tert-OH is 1. The smallest absolute Gasteiger partial charge is 0.243 e. The lowest BCUT2D eigenvalue weighted by Gasteiger charge is -2.26. The van der Waals surface area contributed by atoms with Crippen LogP contribution in [0.3, 0.4) is 0 Å². The van der Waals surface area contributed by atoms with E-state index >= 15 is 0 Å². The second kappa shape index (κ2) is 7.03. The number of aliphatic hydroxyl groups is 1. The molecular weight excluding hydrogens is 282 g/mol. The van der Waals surface area contributed by atoms with E-state index in [1.54, 1.807) is 24.3 Å². The van der Waals surface area contributed by atoms with E-state index in [1.807, 2.05) is 0 Å². The molecule has 0 aromatic heterocycles. The fraction of sp³-hybridized carbons (Fsp3) is 0.538. The first-order valence-corrected chi connectivity index (χ1v) is 8.00. The SMILES string of the molecule is O=S(=O)(c1ccc(OCCCO)cc1)N1CCOCC1. The molecule has 2 rings (SSSR count). The number of nitrogens with zero attached hydrogens (tertiary/aromatic N) is 1. The molecule has 1 saturated heterocycles. The second-order valence-corrected chi connectivity index (χ2v) is 6.35. The van der Waals surface area contributed by atoms with E-state index in [1.165, 1.54) is 4.31 Å². The Balaban J connectivity index is 2.04. The zero-order valence-electron chi connectivity index (χ0n) is 11.2. The van der Waals surface area contributed by atoms with Gasteiger partial charge in [0.25, 0.3) is 0 Å². The monoisotopic (exact) mass is 301 g/mol. The van der Waals surface area contributed by atoms with Gasteiger partial charge in [-0.2, -0.15) is 4.31 Å². The second-order valence-electron chi connectivity index (χ2n) is 4.41. The fourth-order valence-electron chi connectivity index (χ4n) is 1.90. The summed E-state index contributed by atoms with van der Waals surface area (Å²) in [7, 11) is -3.45. The van der Waals surface area contributed by atoms with Crippen LogP contribution >= 0.6 is 0 Å². The Morgan fingerprint density at radius 3 is 2.45 bits per heavy atom. The van der Waals surface area contributed by atoms with Gasteiger partial charge in [0, 0.05) is 26.1 Å². The number of ether oxygens (including phenoxy) is 2. The summed E-state index contributed by atoms with van der Waals surface area (Å²) in [6, 6.07) is 6.34. The van der Waals surface area contributed by atoms with Crippen LogP contribution in [0.4, 0.5) is 0 Å². The van der Waals surface area contributed by atoms with E-state index in [-0.39, 0.29) is 11.5 Å². The number of rotatable bonds is 6. The third kappa shape index (κ3) is 3.69. The molecule has 1 heterocycles. The maximum atomic E-state index is 12.4. The van der Waals surface area contributed by atoms with E-state index in [2.05, 4.69) is 0 Å². The average molecular weight is 301 g/mol. The summed E-state index contributed by atoms with van der Waals surface area (Å²) in [5.41, 5.74) is 0. The quantitative estimate of drug-likeness (QED) is 0.773. The maximum Gasteiger partial charge on any atom is 0.243 e. The Labute approximate surface area is 119 Å². The predicted molar refractivity (Wildman–Crippen MR) is 73.2 cm³/mol. The highest BCUT2D eigenvalue weighted by molar-refractivity contribution is 7.89. The van der Waals surface area contributed by atoms with E-state index in [0.29, 0.717) is 45.1 Å². The summed E-state index contributed by atoms with van der Waals surface area (Å²) >= 11 is 0. The number of hydrogen-bond donors (Lipinski definition) is 1. The number of benzene rings is 1. The summed E-state index contributed by atoms with van der Waals surface area (Å²) in [6.45, 7) is 2.12. The lowest BCUT2D eigenvalue weighted by atomic mass is 10.3. The van der Waals surface area contributed by atoms with Crippen LogP contribution in [0.15, 0.2) is 29.2 Å². The Bertz CT molecular complexity index is 508. The molecule has 0 amide bonds. The van der Waals surface area contributed by atoms with Gasteiger partial charge in [0.2, 0.25) is 10.0 Å². The molecule has 0 atom stereocenters. The Morgan fingerprint density at radius 2 is 1.85 bits per heavy atom. The van der Waals surface area contributed by atoms with Crippen molar-refractivity contribution in [1.82, 2.24) is 4.31 Å². The van der Waals surface area contributed by atoms with Crippen LogP contribution in [-0.4, -0.2) is 57.3 Å². The van der Waals surface area contributed by atoms with Crippen molar-refractivity contribution in [1.29, 1.82) is 0 Å². The van der Waals surface area contributed by atoms with E-state index in [4.69, 9.17) is 14.6 Å². The van der Waals surface area contributed by atoms with Crippen molar-refractivity contribution in [2.75, 3.05) is 39.5 Å². The molecule has 0 unspecified atom stereocenters. The van der Waals surface area contributed by atoms with E-state index in [9.17, 15) is 8.42 Å². The highest BCUT2D eigenvalue weighted by Gasteiger charge is 2.26. The van der Waals surface area contributed by atoms with Gasteiger partial charge in [-0.05, 0) is 24.3 Å². The highest BCUT2D eigenvalue weighted by Crippen LogP contribution is 2.20. The molecule has 1 aliphatic heterocycles. The molecule has 7 heteroatoms. The molecule has 0 saturated carbocycles. The van der Waals surface area contributed by atoms with Crippen LogP contribution in [0.2, 0.25) is 0 Å². The molecular formula is C13H19NO5S. The zero-order chi connectivity index (χ0) is 14.4. The standard InChI is InChI=1S/C13H19NO5S/c15-8-1-9-19-12-2-4-13(5-3-12)20(16,17)14-6-10-18-11-7-14/h2-5,15H,1,6-11H2. The van der Waals surface area contributed by atoms with Crippen LogP contribution in [0.5, 0.6) is 5.75 Å². The Morgan fingerprint density at radius 1 is 1.20 bits per heavy atom. The third-order valence-corrected chi connectivity index (χ3v) is 4.92. The molecule has 1 aromatic carbocycles. The Hall–Kier alpha value is -1.15. The molecule has 0 spiro atoms. The molecule has 0 radical (unpaired) electrons. The maximum absolute atomic E-state index is 12.4. The van der Waals surface area contributed by atoms with Gasteiger partial charge in [-0.1, -0.05) is 0 Å². The third-order valence-electron chi connectivity index (χ3n) is 3.00. The van der Waals surface area contributed by atoms with E-state index in [0.717, 1.165) is 0 Å². The first-order valence-electron chi connectivity index (χ1n) is 6.56. The molecule has 1 fully saturated rings. The summed E-state index contributed by atoms with van der Waals surface area (Å²) in [6.07, 6.45) is 0.549. The van der Waals surface area contributed by atoms with Crippen LogP contribution in [0, 0.1) is 0 Å². The largest absolute Gasteiger partial charge is 0.494 e. The molecule has 1 aliphatic rings. The van der Waals surface area contributed by atoms with Gasteiger partial charge in [-0.15, -0.1) is 0 Å². The highest BCUT2D eigenvalue weighted by atomic mass is 32.2. The zero-order valence-corrected chi connectivity index (χ0v) is 12.0. The number of sulfonamides is 1. The summed E-state index contributed by atoms with van der Waals surface area (Å²) in [5.74, 6) is 0.597. The van der Waals surface area contributed by atoms with Gasteiger partial charge < -0.3 is 14.6 Å². The van der Waals surface area contributed by atoms with Crippen molar-refractivity contribution < 1.29 is 23.0 Å². The first-order chi connectivity index (χ1) is 9.64. The Kier molecular flexibility index (Phi) is 5.36. The lowest BCUT2D eigenvalue weighted by Crippen LogP contribution is -2.40. The van der Waals surface area contributed by atoms with Gasteiger partial charge >= 0.3 is 0 Å². The molecule has 20 heavy (non-hydrogen) atoms. The minimum atomic E-state index is -3.45. The van der Waals surface area contributed by atoms with Crippen molar-refractivity contribution >= 4 is 10.0 Å². The van der Waals surface area contributed by atoms with Crippen molar-refractivity contribution in [3.63, 3.8) is 0 Å². The van der Waals surface area contributed by atoms with Crippen LogP contribution in [-0.2, 0) is 14.8 Å². The minimum Gasteiger partial charge on any atom is -0.494 e. The normalized spacial score (nSPS) is 17.1. The topological polar surface area (TPSA) is 76.1 Å². The molecule has 1 N–H and O–H groups in total. The van der Waals surface area contributed by atoms with Gasteiger partial charge in [0.15, 0.2) is 0 Å². The summed E-state index contributed by atoms with van der Waals surface area (Å²) in [4.78, 5) is 0.258. The predicted octanol–water partition coefficient (Wildman–Crippen LogP) is 0.469. The molecule has 112 valence electrons. The van der Waals surface area contributed by atoms with Crippen molar-refractivity contribution in [2.45, 2.75) is 11.3 Å². The molecule has 6 nitrogen and oxygen atoms in total. The van der Waals surface area contributed by atoms with E-state index < -0.39 is 10.0 Å². The van der Waals surface area contributed by atoms with Crippen molar-refractivity contribution in [3.8, 4) is 5.75 Å². The van der Waals surface area contributed by atoms with Crippen LogP contribution in [0.25, 0.3) is 0 Å². The summed E-state index contributed by atoms with van der Waals surface area (Å²) < 4.78 is 36.7. The van der Waals surface area contributed by atoms with Gasteiger partial charge in [-0.25, -0.2) is 8.42 Å². The van der Waals surface area contributed by atoms with Crippen molar-refractivity contribution in [3.05, 3.63) is 24.3 Å². The lowest BCUT2D eigenvalue weighted by molar-refractivity contribution is 0.0730.